The topological polar surface area (TPSA) is 55.6 Å². The second-order valence-corrected chi connectivity index (χ2v) is 10.0. The van der Waals surface area contributed by atoms with Gasteiger partial charge in [0.1, 0.15) is 5.75 Å². The first-order valence-electron chi connectivity index (χ1n) is 13.5. The molecule has 0 aromatic heterocycles. The van der Waals surface area contributed by atoms with Gasteiger partial charge in [0.25, 0.3) is 0 Å². The van der Waals surface area contributed by atoms with Gasteiger partial charge in [-0.1, -0.05) is 78.5 Å². The predicted octanol–water partition coefficient (Wildman–Crippen LogP) is 7.86. The summed E-state index contributed by atoms with van der Waals surface area (Å²) in [6.07, 6.45) is 5.89. The highest BCUT2D eigenvalue weighted by Gasteiger charge is 2.32. The van der Waals surface area contributed by atoms with Crippen LogP contribution in [0.4, 0.5) is 5.69 Å². The minimum absolute atomic E-state index is 0.239. The Bertz CT molecular complexity index is 946. The van der Waals surface area contributed by atoms with Gasteiger partial charge >= 0.3 is 0 Å². The van der Waals surface area contributed by atoms with E-state index in [1.165, 1.54) is 30.4 Å². The van der Waals surface area contributed by atoms with Crippen LogP contribution in [0.25, 0.3) is 0 Å². The third-order valence-electron chi connectivity index (χ3n) is 6.78. The Balaban J connectivity index is 0.000000803. The van der Waals surface area contributed by atoms with Crippen LogP contribution < -0.4 is 15.4 Å². The van der Waals surface area contributed by atoms with Crippen LogP contribution in [0.5, 0.6) is 5.75 Å². The van der Waals surface area contributed by atoms with Crippen LogP contribution in [0, 0.1) is 11.8 Å². The van der Waals surface area contributed by atoms with E-state index in [9.17, 15) is 4.79 Å². The molecular formula is C30H45ClN2O2. The van der Waals surface area contributed by atoms with Gasteiger partial charge in [0, 0.05) is 29.6 Å². The number of benzene rings is 2. The van der Waals surface area contributed by atoms with E-state index in [0.717, 1.165) is 48.3 Å². The van der Waals surface area contributed by atoms with Gasteiger partial charge < -0.3 is 15.4 Å². The fourth-order valence-electron chi connectivity index (χ4n) is 4.76. The average Bonchev–Trinajstić information content (AvgIpc) is 3.03. The number of primary amides is 1. The molecule has 0 bridgehead atoms. The van der Waals surface area contributed by atoms with Crippen LogP contribution in [0.3, 0.4) is 0 Å². The van der Waals surface area contributed by atoms with Gasteiger partial charge in [-0.2, -0.15) is 0 Å². The third-order valence-corrected chi connectivity index (χ3v) is 7.02. The summed E-state index contributed by atoms with van der Waals surface area (Å²) in [7, 11) is 0. The van der Waals surface area contributed by atoms with E-state index in [-0.39, 0.29) is 5.92 Å². The maximum absolute atomic E-state index is 11.8. The molecule has 35 heavy (non-hydrogen) atoms. The Morgan fingerprint density at radius 3 is 2.40 bits per heavy atom. The van der Waals surface area contributed by atoms with Crippen molar-refractivity contribution in [1.82, 2.24) is 0 Å². The molecule has 2 aliphatic rings. The number of aryl methyl sites for hydroxylation is 1. The molecule has 194 valence electrons. The van der Waals surface area contributed by atoms with E-state index in [2.05, 4.69) is 44.7 Å². The van der Waals surface area contributed by atoms with Gasteiger partial charge in [-0.05, 0) is 66.1 Å². The monoisotopic (exact) mass is 500 g/mol. The second-order valence-electron chi connectivity index (χ2n) is 9.57. The number of nitrogens with two attached hydrogens (primary N) is 1. The molecular weight excluding hydrogens is 456 g/mol. The van der Waals surface area contributed by atoms with Crippen LogP contribution >= 0.6 is 11.6 Å². The number of amides is 1. The summed E-state index contributed by atoms with van der Waals surface area (Å²) in [6.45, 7) is 15.2. The number of nitrogens with zero attached hydrogens (tertiary/aromatic N) is 1. The first-order valence-corrected chi connectivity index (χ1v) is 13.9. The van der Waals surface area contributed by atoms with Crippen LogP contribution in [-0.4, -0.2) is 25.6 Å². The Morgan fingerprint density at radius 2 is 1.83 bits per heavy atom. The normalized spacial score (nSPS) is 20.5. The second kappa shape index (κ2) is 14.4. The zero-order chi connectivity index (χ0) is 26.0. The molecule has 0 radical (unpaired) electrons. The number of ether oxygens (including phenoxy) is 1. The number of hydrogen-bond donors (Lipinski definition) is 1. The average molecular weight is 501 g/mol. The molecule has 2 aromatic carbocycles. The number of hydrogen-bond acceptors (Lipinski definition) is 3. The minimum Gasteiger partial charge on any atom is -0.491 e. The fourth-order valence-corrected chi connectivity index (χ4v) is 4.95. The fraction of sp³-hybridized carbons (Fsp3) is 0.567. The SMILES string of the molecule is CC.CCC.CCCc1cc(Cl)ccc1C1COc2ccc(C(N)=O)cc2N(CC2CCC2C)C1. The summed E-state index contributed by atoms with van der Waals surface area (Å²) in [5.41, 5.74) is 9.70. The molecule has 2 N–H and O–H groups in total. The highest BCUT2D eigenvalue weighted by molar-refractivity contribution is 6.30. The molecule has 1 fully saturated rings. The van der Waals surface area contributed by atoms with E-state index in [1.54, 1.807) is 6.07 Å². The lowest BCUT2D eigenvalue weighted by atomic mass is 9.74. The number of carbonyl (C=O) groups is 1. The number of rotatable bonds is 6. The molecule has 1 aliphatic heterocycles. The maximum Gasteiger partial charge on any atom is 0.248 e. The first kappa shape index (κ1) is 29.0. The summed E-state index contributed by atoms with van der Waals surface area (Å²) in [5, 5.41) is 0.784. The van der Waals surface area contributed by atoms with Crippen molar-refractivity contribution in [3.63, 3.8) is 0 Å². The number of carbonyl (C=O) groups excluding carboxylic acids is 1. The van der Waals surface area contributed by atoms with Crippen molar-refractivity contribution in [1.29, 1.82) is 0 Å². The zero-order valence-corrected chi connectivity index (χ0v) is 23.3. The van der Waals surface area contributed by atoms with Gasteiger partial charge in [-0.15, -0.1) is 0 Å². The molecule has 1 saturated carbocycles. The Labute approximate surface area is 218 Å². The molecule has 4 rings (SSSR count). The predicted molar refractivity (Wildman–Crippen MR) is 150 cm³/mol. The van der Waals surface area contributed by atoms with E-state index in [4.69, 9.17) is 22.1 Å². The molecule has 5 heteroatoms. The third kappa shape index (κ3) is 7.64. The quantitative estimate of drug-likeness (QED) is 0.439. The van der Waals surface area contributed by atoms with Gasteiger partial charge in [0.2, 0.25) is 5.91 Å². The highest BCUT2D eigenvalue weighted by atomic mass is 35.5. The molecule has 1 amide bonds. The smallest absolute Gasteiger partial charge is 0.248 e. The van der Waals surface area contributed by atoms with Gasteiger partial charge in [-0.3, -0.25) is 4.79 Å². The maximum atomic E-state index is 11.8. The van der Waals surface area contributed by atoms with Crippen molar-refractivity contribution in [2.45, 2.75) is 79.6 Å². The summed E-state index contributed by atoms with van der Waals surface area (Å²) >= 11 is 6.30. The van der Waals surface area contributed by atoms with E-state index >= 15 is 0 Å². The van der Waals surface area contributed by atoms with Gasteiger partial charge in [-0.25, -0.2) is 0 Å². The number of fused-ring (bicyclic) bond motifs is 1. The zero-order valence-electron chi connectivity index (χ0n) is 22.6. The summed E-state index contributed by atoms with van der Waals surface area (Å²) < 4.78 is 6.28. The Morgan fingerprint density at radius 1 is 1.11 bits per heavy atom. The van der Waals surface area contributed by atoms with Gasteiger partial charge in [0.05, 0.1) is 12.3 Å². The van der Waals surface area contributed by atoms with E-state index in [1.807, 2.05) is 32.0 Å². The molecule has 4 nitrogen and oxygen atoms in total. The summed E-state index contributed by atoms with van der Waals surface area (Å²) in [6, 6.07) is 11.8. The van der Waals surface area contributed by atoms with Crippen molar-refractivity contribution in [3.05, 3.63) is 58.1 Å². The van der Waals surface area contributed by atoms with Crippen molar-refractivity contribution < 1.29 is 9.53 Å². The van der Waals surface area contributed by atoms with Crippen LogP contribution in [0.15, 0.2) is 36.4 Å². The van der Waals surface area contributed by atoms with Crippen molar-refractivity contribution in [2.75, 3.05) is 24.6 Å². The van der Waals surface area contributed by atoms with Crippen LogP contribution in [0.2, 0.25) is 5.02 Å². The summed E-state index contributed by atoms with van der Waals surface area (Å²) in [5.74, 6) is 2.08. The first-order chi connectivity index (χ1) is 16.9. The highest BCUT2D eigenvalue weighted by Crippen LogP contribution is 2.40. The standard InChI is InChI=1S/C25H31ClN2O2.C3H8.C2H6/c1-3-4-17-11-21(26)8-9-22(17)20-14-28(13-19-6-5-16(19)2)23-12-18(25(27)29)7-10-24(23)30-15-20;1-3-2;1-2/h7-12,16,19-20H,3-6,13-15H2,1-2H3,(H2,27,29);3H2,1-2H3;1-2H3. The largest absolute Gasteiger partial charge is 0.491 e. The molecule has 3 atom stereocenters. The molecule has 1 heterocycles. The number of halogens is 1. The molecule has 0 spiro atoms. The van der Waals surface area contributed by atoms with Crippen molar-refractivity contribution >= 4 is 23.2 Å². The summed E-state index contributed by atoms with van der Waals surface area (Å²) in [4.78, 5) is 14.2. The van der Waals surface area contributed by atoms with Crippen molar-refractivity contribution in [2.24, 2.45) is 17.6 Å². The van der Waals surface area contributed by atoms with Crippen LogP contribution in [-0.2, 0) is 6.42 Å². The Hall–Kier alpha value is -2.20. The molecule has 3 unspecified atom stereocenters. The lowest BCUT2D eigenvalue weighted by Gasteiger charge is -2.39. The minimum atomic E-state index is -0.404. The lowest BCUT2D eigenvalue weighted by molar-refractivity contribution is 0.100. The van der Waals surface area contributed by atoms with E-state index in [0.29, 0.717) is 18.1 Å². The molecule has 2 aromatic rings. The number of anilines is 1. The molecule has 0 saturated heterocycles. The van der Waals surface area contributed by atoms with E-state index < -0.39 is 5.91 Å². The van der Waals surface area contributed by atoms with Gasteiger partial charge in [0.15, 0.2) is 0 Å². The Kier molecular flexibility index (Phi) is 11.9. The lowest BCUT2D eigenvalue weighted by Crippen LogP contribution is -2.39. The molecule has 1 aliphatic carbocycles. The van der Waals surface area contributed by atoms with Crippen molar-refractivity contribution in [3.8, 4) is 5.75 Å². The van der Waals surface area contributed by atoms with Crippen LogP contribution in [0.1, 0.15) is 94.6 Å².